The molecule has 1 atom stereocenters. The van der Waals surface area contributed by atoms with Gasteiger partial charge in [0.15, 0.2) is 11.5 Å². The van der Waals surface area contributed by atoms with Crippen molar-refractivity contribution in [3.8, 4) is 11.5 Å². The highest BCUT2D eigenvalue weighted by Crippen LogP contribution is 2.41. The number of aromatic nitrogens is 1. The molecule has 3 rings (SSSR count). The maximum Gasteiger partial charge on any atom is 0.220 e. The van der Waals surface area contributed by atoms with E-state index in [1.807, 2.05) is 42.6 Å². The maximum absolute atomic E-state index is 12.7. The van der Waals surface area contributed by atoms with Gasteiger partial charge in [0.2, 0.25) is 5.91 Å². The first-order valence-corrected chi connectivity index (χ1v) is 9.58. The number of amides is 1. The van der Waals surface area contributed by atoms with Gasteiger partial charge in [-0.05, 0) is 23.6 Å². The van der Waals surface area contributed by atoms with Crippen LogP contribution < -0.4 is 14.8 Å². The lowest BCUT2D eigenvalue weighted by atomic mass is 9.87. The number of hydrogen-bond donors (Lipinski definition) is 2. The number of methoxy groups -OCH3 is 2. The minimum absolute atomic E-state index is 0.0221. The van der Waals surface area contributed by atoms with Crippen molar-refractivity contribution in [2.24, 2.45) is 5.92 Å². The maximum atomic E-state index is 12.7. The lowest BCUT2D eigenvalue weighted by Crippen LogP contribution is -2.28. The fourth-order valence-electron chi connectivity index (χ4n) is 3.53. The topological polar surface area (TPSA) is 63.3 Å². The third-order valence-electron chi connectivity index (χ3n) is 4.90. The quantitative estimate of drug-likeness (QED) is 0.606. The van der Waals surface area contributed by atoms with Crippen LogP contribution in [0.15, 0.2) is 48.7 Å². The first-order valence-electron chi connectivity index (χ1n) is 9.58. The summed E-state index contributed by atoms with van der Waals surface area (Å²) in [5.74, 6) is 1.59. The van der Waals surface area contributed by atoms with Crippen LogP contribution in [0.1, 0.15) is 37.3 Å². The molecule has 0 saturated heterocycles. The summed E-state index contributed by atoms with van der Waals surface area (Å²) in [6.45, 7) is 4.83. The van der Waals surface area contributed by atoms with Gasteiger partial charge in [-0.15, -0.1) is 0 Å². The fourth-order valence-corrected chi connectivity index (χ4v) is 3.53. The van der Waals surface area contributed by atoms with E-state index in [0.29, 0.717) is 30.4 Å². The van der Waals surface area contributed by atoms with Gasteiger partial charge in [0.1, 0.15) is 0 Å². The van der Waals surface area contributed by atoms with Crippen molar-refractivity contribution in [1.82, 2.24) is 10.3 Å². The van der Waals surface area contributed by atoms with E-state index < -0.39 is 0 Å². The molecule has 0 aliphatic heterocycles. The molecule has 1 amide bonds. The first-order chi connectivity index (χ1) is 13.5. The van der Waals surface area contributed by atoms with Crippen LogP contribution in [0.4, 0.5) is 0 Å². The van der Waals surface area contributed by atoms with Gasteiger partial charge in [0.25, 0.3) is 0 Å². The minimum Gasteiger partial charge on any atom is -0.493 e. The molecule has 0 bridgehead atoms. The van der Waals surface area contributed by atoms with E-state index in [2.05, 4.69) is 30.2 Å². The average molecular weight is 380 g/mol. The Morgan fingerprint density at radius 2 is 1.82 bits per heavy atom. The van der Waals surface area contributed by atoms with E-state index >= 15 is 0 Å². The number of benzene rings is 2. The van der Waals surface area contributed by atoms with Crippen LogP contribution >= 0.6 is 0 Å². The van der Waals surface area contributed by atoms with E-state index in [1.165, 1.54) is 0 Å². The number of ether oxygens (including phenoxy) is 2. The molecule has 2 aromatic carbocycles. The molecule has 0 aliphatic carbocycles. The Labute approximate surface area is 166 Å². The summed E-state index contributed by atoms with van der Waals surface area (Å²) in [5.41, 5.74) is 3.06. The highest BCUT2D eigenvalue weighted by molar-refractivity contribution is 5.86. The molecule has 28 heavy (non-hydrogen) atoms. The molecule has 5 nitrogen and oxygen atoms in total. The summed E-state index contributed by atoms with van der Waals surface area (Å²) < 4.78 is 11.2. The van der Waals surface area contributed by atoms with Gasteiger partial charge in [0, 0.05) is 41.5 Å². The zero-order chi connectivity index (χ0) is 20.1. The molecule has 0 fully saturated rings. The predicted octanol–water partition coefficient (Wildman–Crippen LogP) is 4.48. The van der Waals surface area contributed by atoms with Gasteiger partial charge >= 0.3 is 0 Å². The average Bonchev–Trinajstić information content (AvgIpc) is 3.13. The van der Waals surface area contributed by atoms with Gasteiger partial charge in [0.05, 0.1) is 14.2 Å². The van der Waals surface area contributed by atoms with E-state index in [0.717, 1.165) is 22.0 Å². The lowest BCUT2D eigenvalue weighted by Gasteiger charge is -2.21. The zero-order valence-corrected chi connectivity index (χ0v) is 16.9. The monoisotopic (exact) mass is 380 g/mol. The van der Waals surface area contributed by atoms with Crippen molar-refractivity contribution in [2.75, 3.05) is 20.8 Å². The second-order valence-electron chi connectivity index (χ2n) is 7.33. The van der Waals surface area contributed by atoms with Crippen molar-refractivity contribution < 1.29 is 14.3 Å². The molecule has 1 heterocycles. The van der Waals surface area contributed by atoms with Crippen LogP contribution in [-0.4, -0.2) is 31.7 Å². The number of hydrogen-bond acceptors (Lipinski definition) is 3. The highest BCUT2D eigenvalue weighted by atomic mass is 16.5. The Balaban J connectivity index is 2.06. The van der Waals surface area contributed by atoms with Gasteiger partial charge < -0.3 is 19.8 Å². The standard InChI is InChI=1S/C23H28N2O3/c1-15(2)13-25-22(26)12-18(17-9-7-11-21(27-3)23(17)28-4)19-14-24-20-10-6-5-8-16(19)20/h5-11,14-15,18,24H,12-13H2,1-4H3,(H,25,26)/t18-/m0/s1. The van der Waals surface area contributed by atoms with Gasteiger partial charge in [-0.3, -0.25) is 4.79 Å². The number of carbonyl (C=O) groups excluding carboxylic acids is 1. The molecule has 0 spiro atoms. The number of carbonyl (C=O) groups is 1. The SMILES string of the molecule is COc1cccc([C@H](CC(=O)NCC(C)C)c2c[nH]c3ccccc23)c1OC. The van der Waals surface area contributed by atoms with Crippen molar-refractivity contribution >= 4 is 16.8 Å². The normalized spacial score (nSPS) is 12.2. The van der Waals surface area contributed by atoms with Crippen molar-refractivity contribution in [3.05, 3.63) is 59.8 Å². The highest BCUT2D eigenvalue weighted by Gasteiger charge is 2.26. The van der Waals surface area contributed by atoms with Gasteiger partial charge in [-0.2, -0.15) is 0 Å². The summed E-state index contributed by atoms with van der Waals surface area (Å²) in [7, 11) is 3.25. The van der Waals surface area contributed by atoms with Crippen molar-refractivity contribution in [1.29, 1.82) is 0 Å². The summed E-state index contributed by atoms with van der Waals surface area (Å²) in [6, 6.07) is 13.9. The van der Waals surface area contributed by atoms with Crippen LogP contribution in [-0.2, 0) is 4.79 Å². The molecule has 0 saturated carbocycles. The second-order valence-corrected chi connectivity index (χ2v) is 7.33. The van der Waals surface area contributed by atoms with Crippen LogP contribution in [0.2, 0.25) is 0 Å². The molecular formula is C23H28N2O3. The molecular weight excluding hydrogens is 352 g/mol. The number of rotatable bonds is 8. The summed E-state index contributed by atoms with van der Waals surface area (Å²) >= 11 is 0. The molecule has 5 heteroatoms. The van der Waals surface area contributed by atoms with Crippen molar-refractivity contribution in [2.45, 2.75) is 26.2 Å². The van der Waals surface area contributed by atoms with Crippen molar-refractivity contribution in [3.63, 3.8) is 0 Å². The molecule has 148 valence electrons. The Bertz CT molecular complexity index is 946. The smallest absolute Gasteiger partial charge is 0.220 e. The second kappa shape index (κ2) is 8.83. The van der Waals surface area contributed by atoms with Crippen LogP contribution in [0.5, 0.6) is 11.5 Å². The van der Waals surface area contributed by atoms with E-state index in [9.17, 15) is 4.79 Å². The Morgan fingerprint density at radius 1 is 1.04 bits per heavy atom. The number of para-hydroxylation sites is 2. The molecule has 0 radical (unpaired) electrons. The summed E-state index contributed by atoms with van der Waals surface area (Å²) in [5, 5.41) is 4.14. The third-order valence-corrected chi connectivity index (χ3v) is 4.90. The van der Waals surface area contributed by atoms with Gasteiger partial charge in [-0.25, -0.2) is 0 Å². The Morgan fingerprint density at radius 3 is 2.54 bits per heavy atom. The fraction of sp³-hybridized carbons (Fsp3) is 0.348. The number of fused-ring (bicyclic) bond motifs is 1. The third kappa shape index (κ3) is 4.14. The van der Waals surface area contributed by atoms with Crippen LogP contribution in [0.25, 0.3) is 10.9 Å². The molecule has 3 aromatic rings. The summed E-state index contributed by atoms with van der Waals surface area (Å²) in [6.07, 6.45) is 2.32. The predicted molar refractivity (Wildman–Crippen MR) is 112 cm³/mol. The molecule has 2 N–H and O–H groups in total. The van der Waals surface area contributed by atoms with E-state index in [4.69, 9.17) is 9.47 Å². The van der Waals surface area contributed by atoms with Crippen LogP contribution in [0, 0.1) is 5.92 Å². The Hall–Kier alpha value is -2.95. The largest absolute Gasteiger partial charge is 0.493 e. The molecule has 0 unspecified atom stereocenters. The Kier molecular flexibility index (Phi) is 6.24. The van der Waals surface area contributed by atoms with Crippen LogP contribution in [0.3, 0.4) is 0 Å². The molecule has 0 aliphatic rings. The van der Waals surface area contributed by atoms with Gasteiger partial charge in [-0.1, -0.05) is 44.2 Å². The number of aromatic amines is 1. The number of H-pyrrole nitrogens is 1. The first kappa shape index (κ1) is 19.8. The minimum atomic E-state index is -0.159. The lowest BCUT2D eigenvalue weighted by molar-refractivity contribution is -0.121. The zero-order valence-electron chi connectivity index (χ0n) is 16.9. The molecule has 1 aromatic heterocycles. The summed E-state index contributed by atoms with van der Waals surface area (Å²) in [4.78, 5) is 16.0. The number of nitrogens with one attached hydrogen (secondary N) is 2. The van der Waals surface area contributed by atoms with E-state index in [1.54, 1.807) is 14.2 Å². The van der Waals surface area contributed by atoms with E-state index in [-0.39, 0.29) is 11.8 Å².